The number of nitrogens with zero attached hydrogens (tertiary/aromatic N) is 2. The second-order valence-corrected chi connectivity index (χ2v) is 9.27. The van der Waals surface area contributed by atoms with Crippen molar-refractivity contribution < 1.29 is 13.2 Å². The van der Waals surface area contributed by atoms with Gasteiger partial charge in [-0.3, -0.25) is 4.79 Å². The minimum atomic E-state index is -3.92. The van der Waals surface area contributed by atoms with Gasteiger partial charge in [-0.1, -0.05) is 26.0 Å². The Morgan fingerprint density at radius 1 is 1.19 bits per heavy atom. The molecule has 7 nitrogen and oxygen atoms in total. The first kappa shape index (κ1) is 18.9. The predicted octanol–water partition coefficient (Wildman–Crippen LogP) is 2.37. The van der Waals surface area contributed by atoms with E-state index < -0.39 is 16.1 Å². The third-order valence-electron chi connectivity index (χ3n) is 3.79. The van der Waals surface area contributed by atoms with Gasteiger partial charge in [-0.2, -0.15) is 13.5 Å². The lowest BCUT2D eigenvalue weighted by molar-refractivity contribution is -0.123. The molecule has 0 fully saturated rings. The molecule has 1 amide bonds. The number of hydrogen-bond acceptors (Lipinski definition) is 7. The van der Waals surface area contributed by atoms with Crippen LogP contribution in [0.5, 0.6) is 0 Å². The second kappa shape index (κ2) is 7.78. The fourth-order valence-corrected chi connectivity index (χ4v) is 5.17. The monoisotopic (exact) mass is 410 g/mol. The molecule has 0 aliphatic carbocycles. The third kappa shape index (κ3) is 4.09. The first-order valence-corrected chi connectivity index (χ1v) is 11.0. The van der Waals surface area contributed by atoms with Gasteiger partial charge in [0.15, 0.2) is 0 Å². The predicted molar refractivity (Wildman–Crippen MR) is 103 cm³/mol. The number of benzene rings is 1. The van der Waals surface area contributed by atoms with Crippen LogP contribution in [0.3, 0.4) is 0 Å². The summed E-state index contributed by atoms with van der Waals surface area (Å²) in [4.78, 5) is 13.6. The van der Waals surface area contributed by atoms with Gasteiger partial charge < -0.3 is 5.32 Å². The van der Waals surface area contributed by atoms with E-state index in [1.165, 1.54) is 17.4 Å². The van der Waals surface area contributed by atoms with Crippen LogP contribution in [0, 0.1) is 5.92 Å². The molecule has 1 unspecified atom stereocenters. The van der Waals surface area contributed by atoms with Gasteiger partial charge in [-0.05, 0) is 29.5 Å². The zero-order valence-electron chi connectivity index (χ0n) is 14.2. The summed E-state index contributed by atoms with van der Waals surface area (Å²) in [5.41, 5.74) is 0.826. The summed E-state index contributed by atoms with van der Waals surface area (Å²) >= 11 is 2.48. The Bertz CT molecular complexity index is 997. The van der Waals surface area contributed by atoms with Gasteiger partial charge in [0, 0.05) is 4.88 Å². The Kier molecular flexibility index (Phi) is 5.66. The van der Waals surface area contributed by atoms with Crippen LogP contribution in [0.4, 0.5) is 0 Å². The van der Waals surface area contributed by atoms with Crippen molar-refractivity contribution in [3.05, 3.63) is 40.6 Å². The third-order valence-corrected chi connectivity index (χ3v) is 6.68. The Balaban J connectivity index is 1.80. The van der Waals surface area contributed by atoms with E-state index in [4.69, 9.17) is 0 Å². The summed E-state index contributed by atoms with van der Waals surface area (Å²) in [6, 6.07) is 7.70. The Labute approximate surface area is 159 Å². The molecule has 3 rings (SSSR count). The lowest BCUT2D eigenvalue weighted by Crippen LogP contribution is -2.49. The van der Waals surface area contributed by atoms with Crippen LogP contribution in [0.25, 0.3) is 11.0 Å². The smallest absolute Gasteiger partial charge is 0.243 e. The number of amides is 1. The van der Waals surface area contributed by atoms with Crippen LogP contribution in [0.1, 0.15) is 18.7 Å². The van der Waals surface area contributed by atoms with Crippen LogP contribution >= 0.6 is 23.1 Å². The summed E-state index contributed by atoms with van der Waals surface area (Å²) in [7, 11) is -3.92. The summed E-state index contributed by atoms with van der Waals surface area (Å²) in [5, 5.41) is 4.71. The molecule has 3 aromatic rings. The van der Waals surface area contributed by atoms with E-state index in [1.807, 2.05) is 17.5 Å². The van der Waals surface area contributed by atoms with Crippen LogP contribution in [0.15, 0.2) is 40.6 Å². The average molecular weight is 411 g/mol. The van der Waals surface area contributed by atoms with Crippen molar-refractivity contribution in [3.63, 3.8) is 0 Å². The number of carbonyl (C=O) groups excluding carboxylic acids is 1. The maximum atomic E-state index is 12.8. The van der Waals surface area contributed by atoms with Crippen molar-refractivity contribution in [2.24, 2.45) is 5.92 Å². The van der Waals surface area contributed by atoms with Crippen molar-refractivity contribution in [1.82, 2.24) is 18.8 Å². The Morgan fingerprint density at radius 2 is 2.00 bits per heavy atom. The van der Waals surface area contributed by atoms with E-state index in [2.05, 4.69) is 18.8 Å². The molecule has 26 heavy (non-hydrogen) atoms. The summed E-state index contributed by atoms with van der Waals surface area (Å²) in [6.45, 7) is 3.96. The minimum absolute atomic E-state index is 0.0282. The largest absolute Gasteiger partial charge is 0.350 e. The van der Waals surface area contributed by atoms with Gasteiger partial charge in [0.1, 0.15) is 22.0 Å². The molecular weight excluding hydrogens is 392 g/mol. The number of aromatic nitrogens is 2. The number of thiophene rings is 1. The first-order chi connectivity index (χ1) is 12.4. The van der Waals surface area contributed by atoms with E-state index in [0.29, 0.717) is 17.6 Å². The number of sulfonamides is 1. The standard InChI is InChI=1S/C16H18N4O3S3/c1-10(2)14(16(21)17-9-11-5-4-8-24-11)20-26(22,23)13-7-3-6-12-15(13)19-25-18-12/h3-8,10,14,20H,9H2,1-2H3,(H,17,21). The van der Waals surface area contributed by atoms with Crippen molar-refractivity contribution in [2.75, 3.05) is 0 Å². The highest BCUT2D eigenvalue weighted by Gasteiger charge is 2.29. The first-order valence-electron chi connectivity index (χ1n) is 7.92. The lowest BCUT2D eigenvalue weighted by atomic mass is 10.1. The molecule has 1 aromatic carbocycles. The van der Waals surface area contributed by atoms with E-state index >= 15 is 0 Å². The normalized spacial score (nSPS) is 13.2. The van der Waals surface area contributed by atoms with E-state index in [1.54, 1.807) is 26.0 Å². The molecule has 2 aromatic heterocycles. The summed E-state index contributed by atoms with van der Waals surface area (Å²) < 4.78 is 36.3. The second-order valence-electron chi connectivity index (χ2n) is 6.03. The maximum Gasteiger partial charge on any atom is 0.243 e. The molecule has 10 heteroatoms. The maximum absolute atomic E-state index is 12.8. The van der Waals surface area contributed by atoms with E-state index in [-0.39, 0.29) is 16.7 Å². The lowest BCUT2D eigenvalue weighted by Gasteiger charge is -2.21. The van der Waals surface area contributed by atoms with Crippen LogP contribution in [0.2, 0.25) is 0 Å². The molecule has 0 aliphatic rings. The van der Waals surface area contributed by atoms with Crippen molar-refractivity contribution >= 4 is 50.0 Å². The SMILES string of the molecule is CC(C)C(NS(=O)(=O)c1cccc2nsnc12)C(=O)NCc1cccs1. The molecule has 0 radical (unpaired) electrons. The summed E-state index contributed by atoms with van der Waals surface area (Å²) in [5.74, 6) is -0.582. The quantitative estimate of drug-likeness (QED) is 0.623. The Hall–Kier alpha value is -1.88. The molecule has 0 bridgehead atoms. The molecular formula is C16H18N4O3S3. The van der Waals surface area contributed by atoms with Crippen LogP contribution in [-0.4, -0.2) is 29.1 Å². The highest BCUT2D eigenvalue weighted by molar-refractivity contribution is 7.89. The topological polar surface area (TPSA) is 101 Å². The number of fused-ring (bicyclic) bond motifs is 1. The van der Waals surface area contributed by atoms with Gasteiger partial charge in [-0.25, -0.2) is 8.42 Å². The van der Waals surface area contributed by atoms with Gasteiger partial charge in [0.25, 0.3) is 0 Å². The molecule has 138 valence electrons. The van der Waals surface area contributed by atoms with Crippen molar-refractivity contribution in [2.45, 2.75) is 31.3 Å². The van der Waals surface area contributed by atoms with Crippen LogP contribution in [-0.2, 0) is 21.4 Å². The van der Waals surface area contributed by atoms with E-state index in [0.717, 1.165) is 16.6 Å². The van der Waals surface area contributed by atoms with Gasteiger partial charge in [0.2, 0.25) is 15.9 Å². The van der Waals surface area contributed by atoms with Gasteiger partial charge in [0.05, 0.1) is 18.3 Å². The van der Waals surface area contributed by atoms with E-state index in [9.17, 15) is 13.2 Å². The minimum Gasteiger partial charge on any atom is -0.350 e. The highest BCUT2D eigenvalue weighted by Crippen LogP contribution is 2.22. The number of hydrogen-bond donors (Lipinski definition) is 2. The number of nitrogens with one attached hydrogen (secondary N) is 2. The molecule has 1 atom stereocenters. The van der Waals surface area contributed by atoms with Gasteiger partial charge in [-0.15, -0.1) is 11.3 Å². The average Bonchev–Trinajstić information content (AvgIpc) is 3.28. The molecule has 0 saturated carbocycles. The number of rotatable bonds is 7. The van der Waals surface area contributed by atoms with Crippen LogP contribution < -0.4 is 10.0 Å². The zero-order valence-corrected chi connectivity index (χ0v) is 16.6. The molecule has 2 heterocycles. The molecule has 0 saturated heterocycles. The molecule has 2 N–H and O–H groups in total. The Morgan fingerprint density at radius 3 is 2.69 bits per heavy atom. The van der Waals surface area contributed by atoms with Crippen molar-refractivity contribution in [1.29, 1.82) is 0 Å². The molecule has 0 spiro atoms. The van der Waals surface area contributed by atoms with Gasteiger partial charge >= 0.3 is 0 Å². The highest BCUT2D eigenvalue weighted by atomic mass is 32.2. The fraction of sp³-hybridized carbons (Fsp3) is 0.312. The molecule has 0 aliphatic heterocycles. The zero-order chi connectivity index (χ0) is 18.7. The summed E-state index contributed by atoms with van der Waals surface area (Å²) in [6.07, 6.45) is 0. The number of carbonyl (C=O) groups is 1. The van der Waals surface area contributed by atoms with Crippen molar-refractivity contribution in [3.8, 4) is 0 Å². The fourth-order valence-electron chi connectivity index (χ4n) is 2.42.